The highest BCUT2D eigenvalue weighted by atomic mass is 16.2. The molecule has 5 heterocycles. The van der Waals surface area contributed by atoms with Gasteiger partial charge in [0.25, 0.3) is 0 Å². The predicted molar refractivity (Wildman–Crippen MR) is 154 cm³/mol. The number of pyridine rings is 1. The molecule has 3 aliphatic heterocycles. The van der Waals surface area contributed by atoms with Crippen LogP contribution in [0.3, 0.4) is 0 Å². The van der Waals surface area contributed by atoms with Crippen molar-refractivity contribution in [1.29, 1.82) is 0 Å². The van der Waals surface area contributed by atoms with E-state index in [0.717, 1.165) is 95.6 Å². The lowest BCUT2D eigenvalue weighted by Crippen LogP contribution is -2.46. The minimum atomic E-state index is 0.111. The smallest absolute Gasteiger partial charge is 0.329 e. The lowest BCUT2D eigenvalue weighted by atomic mass is 9.93. The third-order valence-corrected chi connectivity index (χ3v) is 9.19. The molecule has 0 spiro atoms. The summed E-state index contributed by atoms with van der Waals surface area (Å²) in [6.07, 6.45) is 11.1. The number of aromatic nitrogens is 3. The summed E-state index contributed by atoms with van der Waals surface area (Å²) in [5, 5.41) is 0. The molecule has 0 bridgehead atoms. The van der Waals surface area contributed by atoms with Gasteiger partial charge in [0.05, 0.1) is 11.0 Å². The van der Waals surface area contributed by atoms with Crippen molar-refractivity contribution in [2.24, 2.45) is 5.92 Å². The molecule has 0 unspecified atom stereocenters. The summed E-state index contributed by atoms with van der Waals surface area (Å²) in [5.41, 5.74) is 3.46. The molecule has 3 aromatic rings. The van der Waals surface area contributed by atoms with E-state index in [-0.39, 0.29) is 17.6 Å². The van der Waals surface area contributed by atoms with E-state index in [0.29, 0.717) is 5.91 Å². The van der Waals surface area contributed by atoms with Crippen molar-refractivity contribution in [3.05, 3.63) is 64.8 Å². The Labute approximate surface area is 231 Å². The second-order valence-corrected chi connectivity index (χ2v) is 11.7. The number of hydrogen-bond donors (Lipinski definition) is 0. The van der Waals surface area contributed by atoms with Gasteiger partial charge >= 0.3 is 5.69 Å². The minimum absolute atomic E-state index is 0.111. The molecule has 6 rings (SSSR count). The molecule has 1 aromatic carbocycles. The SMILES string of the molecule is O=C(C1CCN(Cc2ccncc2)CC1)N1CCC(n2c(=O)n(CCN3CCCCC3)c3ccccc32)CC1. The molecule has 208 valence electrons. The monoisotopic (exact) mass is 530 g/mol. The molecule has 3 fully saturated rings. The van der Waals surface area contributed by atoms with E-state index in [4.69, 9.17) is 0 Å². The second kappa shape index (κ2) is 12.0. The molecule has 8 heteroatoms. The average Bonchev–Trinajstić information content (AvgIpc) is 3.28. The van der Waals surface area contributed by atoms with Crippen molar-refractivity contribution < 1.29 is 4.79 Å². The number of benzene rings is 1. The van der Waals surface area contributed by atoms with Gasteiger partial charge in [0.1, 0.15) is 0 Å². The van der Waals surface area contributed by atoms with Gasteiger partial charge in [0.2, 0.25) is 5.91 Å². The van der Waals surface area contributed by atoms with Crippen LogP contribution in [0.2, 0.25) is 0 Å². The zero-order chi connectivity index (χ0) is 26.6. The topological polar surface area (TPSA) is 66.6 Å². The van der Waals surface area contributed by atoms with E-state index in [1.165, 1.54) is 24.8 Å². The molecule has 0 N–H and O–H groups in total. The fourth-order valence-corrected chi connectivity index (χ4v) is 6.91. The van der Waals surface area contributed by atoms with Gasteiger partial charge in [-0.3, -0.25) is 23.8 Å². The maximum Gasteiger partial charge on any atom is 0.329 e. The lowest BCUT2D eigenvalue weighted by molar-refractivity contribution is -0.138. The quantitative estimate of drug-likeness (QED) is 0.466. The number of carbonyl (C=O) groups is 1. The van der Waals surface area contributed by atoms with E-state index in [1.807, 2.05) is 33.7 Å². The first-order chi connectivity index (χ1) is 19.2. The Balaban J connectivity index is 1.06. The first kappa shape index (κ1) is 26.3. The normalized spacial score (nSPS) is 20.6. The van der Waals surface area contributed by atoms with Crippen molar-refractivity contribution >= 4 is 16.9 Å². The molecule has 0 aliphatic carbocycles. The number of fused-ring (bicyclic) bond motifs is 1. The molecule has 3 aliphatic rings. The fourth-order valence-electron chi connectivity index (χ4n) is 6.91. The zero-order valence-electron chi connectivity index (χ0n) is 23.1. The Morgan fingerprint density at radius 2 is 1.46 bits per heavy atom. The standard InChI is InChI=1S/C31H42N6O2/c38-30(26-10-18-34(19-11-26)24-25-8-14-32-15-9-25)35-20-12-27(13-21-35)37-29-7-3-2-6-28(29)36(31(37)39)23-22-33-16-4-1-5-17-33/h2-3,6-9,14-15,26-27H,1,4-5,10-13,16-24H2. The molecule has 0 saturated carbocycles. The van der Waals surface area contributed by atoms with E-state index >= 15 is 0 Å². The van der Waals surface area contributed by atoms with Crippen LogP contribution in [0.4, 0.5) is 0 Å². The van der Waals surface area contributed by atoms with Crippen LogP contribution in [0.1, 0.15) is 56.6 Å². The Kier molecular flexibility index (Phi) is 8.11. The minimum Gasteiger partial charge on any atom is -0.342 e. The molecule has 0 atom stereocenters. The van der Waals surface area contributed by atoms with Crippen molar-refractivity contribution in [3.8, 4) is 0 Å². The van der Waals surface area contributed by atoms with Crippen molar-refractivity contribution in [2.45, 2.75) is 64.1 Å². The first-order valence-electron chi connectivity index (χ1n) is 15.0. The summed E-state index contributed by atoms with van der Waals surface area (Å²) in [4.78, 5) is 38.2. The Morgan fingerprint density at radius 1 is 0.769 bits per heavy atom. The number of rotatable bonds is 7. The van der Waals surface area contributed by atoms with Crippen molar-refractivity contribution in [3.63, 3.8) is 0 Å². The van der Waals surface area contributed by atoms with Gasteiger partial charge in [-0.05, 0) is 94.5 Å². The molecule has 39 heavy (non-hydrogen) atoms. The van der Waals surface area contributed by atoms with Gasteiger partial charge in [-0.25, -0.2) is 4.79 Å². The predicted octanol–water partition coefficient (Wildman–Crippen LogP) is 3.76. The highest BCUT2D eigenvalue weighted by Crippen LogP contribution is 2.28. The van der Waals surface area contributed by atoms with Crippen LogP contribution in [0, 0.1) is 5.92 Å². The van der Waals surface area contributed by atoms with Gasteiger partial charge in [0.15, 0.2) is 0 Å². The van der Waals surface area contributed by atoms with Crippen LogP contribution < -0.4 is 5.69 Å². The summed E-state index contributed by atoms with van der Waals surface area (Å²) < 4.78 is 4.02. The Morgan fingerprint density at radius 3 is 2.18 bits per heavy atom. The molecule has 2 aromatic heterocycles. The maximum absolute atomic E-state index is 13.7. The molecular formula is C31H42N6O2. The molecule has 0 radical (unpaired) electrons. The fraction of sp³-hybridized carbons (Fsp3) is 0.581. The van der Waals surface area contributed by atoms with Gasteiger partial charge in [0, 0.05) is 57.1 Å². The number of para-hydroxylation sites is 2. The highest BCUT2D eigenvalue weighted by molar-refractivity contribution is 5.79. The maximum atomic E-state index is 13.7. The van der Waals surface area contributed by atoms with Gasteiger partial charge in [-0.15, -0.1) is 0 Å². The van der Waals surface area contributed by atoms with Crippen LogP contribution in [-0.4, -0.2) is 80.5 Å². The summed E-state index contributed by atoms with van der Waals surface area (Å²) in [5.74, 6) is 0.433. The second-order valence-electron chi connectivity index (χ2n) is 11.7. The van der Waals surface area contributed by atoms with Crippen molar-refractivity contribution in [2.75, 3.05) is 45.8 Å². The lowest BCUT2D eigenvalue weighted by Gasteiger charge is -2.37. The third kappa shape index (κ3) is 5.82. The van der Waals surface area contributed by atoms with E-state index in [1.54, 1.807) is 0 Å². The molecular weight excluding hydrogens is 488 g/mol. The van der Waals surface area contributed by atoms with Crippen LogP contribution >= 0.6 is 0 Å². The van der Waals surface area contributed by atoms with Gasteiger partial charge in [-0.2, -0.15) is 0 Å². The van der Waals surface area contributed by atoms with E-state index < -0.39 is 0 Å². The number of hydrogen-bond acceptors (Lipinski definition) is 5. The molecule has 3 saturated heterocycles. The summed E-state index contributed by atoms with van der Waals surface area (Å²) in [7, 11) is 0. The number of amides is 1. The van der Waals surface area contributed by atoms with E-state index in [9.17, 15) is 9.59 Å². The number of carbonyl (C=O) groups excluding carboxylic acids is 1. The van der Waals surface area contributed by atoms with Crippen LogP contribution in [0.25, 0.3) is 11.0 Å². The molecule has 1 amide bonds. The van der Waals surface area contributed by atoms with E-state index in [2.05, 4.69) is 43.9 Å². The van der Waals surface area contributed by atoms with Gasteiger partial charge in [-0.1, -0.05) is 18.6 Å². The number of likely N-dealkylation sites (tertiary alicyclic amines) is 3. The van der Waals surface area contributed by atoms with Crippen molar-refractivity contribution in [1.82, 2.24) is 28.8 Å². The number of piperidine rings is 3. The first-order valence-corrected chi connectivity index (χ1v) is 15.0. The van der Waals surface area contributed by atoms with Crippen LogP contribution in [0.5, 0.6) is 0 Å². The number of nitrogens with zero attached hydrogens (tertiary/aromatic N) is 6. The summed E-state index contributed by atoms with van der Waals surface area (Å²) in [6, 6.07) is 12.5. The Hall–Kier alpha value is -2.97. The van der Waals surface area contributed by atoms with Crippen LogP contribution in [0.15, 0.2) is 53.6 Å². The zero-order valence-corrected chi connectivity index (χ0v) is 23.1. The molecule has 8 nitrogen and oxygen atoms in total. The largest absolute Gasteiger partial charge is 0.342 e. The van der Waals surface area contributed by atoms with Gasteiger partial charge < -0.3 is 9.80 Å². The summed E-state index contributed by atoms with van der Waals surface area (Å²) >= 11 is 0. The number of imidazole rings is 1. The third-order valence-electron chi connectivity index (χ3n) is 9.19. The summed E-state index contributed by atoms with van der Waals surface area (Å²) in [6.45, 7) is 8.28. The average molecular weight is 531 g/mol. The Bertz CT molecular complexity index is 1300. The highest BCUT2D eigenvalue weighted by Gasteiger charge is 2.32. The van der Waals surface area contributed by atoms with Crippen LogP contribution in [-0.2, 0) is 17.9 Å².